The Morgan fingerprint density at radius 2 is 2.21 bits per heavy atom. The Labute approximate surface area is 138 Å². The van der Waals surface area contributed by atoms with E-state index < -0.39 is 5.97 Å². The van der Waals surface area contributed by atoms with Gasteiger partial charge in [0, 0.05) is 20.7 Å². The number of carbonyl (C=O) groups excluding carboxylic acids is 1. The van der Waals surface area contributed by atoms with Gasteiger partial charge in [0.05, 0.1) is 30.1 Å². The number of carboxylic acid groups (broad SMARTS) is 1. The van der Waals surface area contributed by atoms with Crippen LogP contribution in [-0.2, 0) is 16.1 Å². The highest BCUT2D eigenvalue weighted by Crippen LogP contribution is 2.28. The number of aromatic nitrogens is 2. The first kappa shape index (κ1) is 16.3. The summed E-state index contributed by atoms with van der Waals surface area (Å²) in [4.78, 5) is 28.8. The third-order valence-electron chi connectivity index (χ3n) is 3.98. The van der Waals surface area contributed by atoms with E-state index in [1.165, 1.54) is 11.0 Å². The topological polar surface area (TPSA) is 93.9 Å². The standard InChI is InChI=1S/C16H19N3O5/c1-18(2)14(20)8-24-13-6-10(16(21)22)5-12-15(13)17-9-19(12)7-11-3-4-23-11/h5-6,9,11H,3-4,7-8H2,1-2H3,(H,21,22). The van der Waals surface area contributed by atoms with Crippen molar-refractivity contribution in [1.29, 1.82) is 0 Å². The summed E-state index contributed by atoms with van der Waals surface area (Å²) in [6.45, 7) is 1.18. The van der Waals surface area contributed by atoms with Gasteiger partial charge in [0.15, 0.2) is 6.61 Å². The van der Waals surface area contributed by atoms with Crippen LogP contribution in [0.2, 0.25) is 0 Å². The summed E-state index contributed by atoms with van der Waals surface area (Å²) in [5.41, 5.74) is 1.27. The number of aromatic carboxylic acids is 1. The minimum absolute atomic E-state index is 0.0890. The fourth-order valence-corrected chi connectivity index (χ4v) is 2.43. The van der Waals surface area contributed by atoms with Crippen molar-refractivity contribution in [3.05, 3.63) is 24.0 Å². The quantitative estimate of drug-likeness (QED) is 0.847. The molecule has 0 aliphatic carbocycles. The molecule has 1 atom stereocenters. The van der Waals surface area contributed by atoms with E-state index in [1.54, 1.807) is 26.5 Å². The minimum Gasteiger partial charge on any atom is -0.481 e. The molecule has 0 radical (unpaired) electrons. The van der Waals surface area contributed by atoms with Gasteiger partial charge in [-0.05, 0) is 18.6 Å². The van der Waals surface area contributed by atoms with E-state index in [0.29, 0.717) is 17.6 Å². The van der Waals surface area contributed by atoms with Crippen LogP contribution in [0.3, 0.4) is 0 Å². The zero-order valence-electron chi connectivity index (χ0n) is 13.6. The number of benzene rings is 1. The lowest BCUT2D eigenvalue weighted by Crippen LogP contribution is -2.31. The predicted octanol–water partition coefficient (Wildman–Crippen LogP) is 0.990. The highest BCUT2D eigenvalue weighted by atomic mass is 16.5. The van der Waals surface area contributed by atoms with Crippen molar-refractivity contribution in [2.45, 2.75) is 19.1 Å². The van der Waals surface area contributed by atoms with Crippen LogP contribution >= 0.6 is 0 Å². The van der Waals surface area contributed by atoms with E-state index >= 15 is 0 Å². The van der Waals surface area contributed by atoms with Gasteiger partial charge >= 0.3 is 5.97 Å². The minimum atomic E-state index is -1.06. The summed E-state index contributed by atoms with van der Waals surface area (Å²) < 4.78 is 12.8. The molecule has 3 rings (SSSR count). The molecule has 0 bridgehead atoms. The van der Waals surface area contributed by atoms with Gasteiger partial charge in [-0.15, -0.1) is 0 Å². The fourth-order valence-electron chi connectivity index (χ4n) is 2.43. The third-order valence-corrected chi connectivity index (χ3v) is 3.98. The molecule has 1 saturated heterocycles. The molecule has 2 heterocycles. The van der Waals surface area contributed by atoms with Gasteiger partial charge in [-0.1, -0.05) is 0 Å². The van der Waals surface area contributed by atoms with Crippen LogP contribution in [0.25, 0.3) is 11.0 Å². The number of likely N-dealkylation sites (N-methyl/N-ethyl adjacent to an activating group) is 1. The lowest BCUT2D eigenvalue weighted by Gasteiger charge is -2.26. The summed E-state index contributed by atoms with van der Waals surface area (Å²) in [6, 6.07) is 2.95. The Balaban J connectivity index is 1.93. The number of rotatable bonds is 6. The molecule has 8 nitrogen and oxygen atoms in total. The number of carbonyl (C=O) groups is 2. The molecule has 0 saturated carbocycles. The van der Waals surface area contributed by atoms with Gasteiger partial charge in [-0.25, -0.2) is 9.78 Å². The van der Waals surface area contributed by atoms with Crippen LogP contribution in [0.1, 0.15) is 16.8 Å². The van der Waals surface area contributed by atoms with Gasteiger partial charge in [-0.2, -0.15) is 0 Å². The van der Waals surface area contributed by atoms with Crippen LogP contribution in [0.4, 0.5) is 0 Å². The summed E-state index contributed by atoms with van der Waals surface area (Å²) in [6.07, 6.45) is 2.73. The Morgan fingerprint density at radius 1 is 1.46 bits per heavy atom. The van der Waals surface area contributed by atoms with Crippen molar-refractivity contribution < 1.29 is 24.2 Å². The smallest absolute Gasteiger partial charge is 0.335 e. The van der Waals surface area contributed by atoms with Gasteiger partial charge in [0.1, 0.15) is 11.3 Å². The number of hydrogen-bond acceptors (Lipinski definition) is 5. The second kappa shape index (κ2) is 6.48. The molecule has 1 aromatic carbocycles. The third kappa shape index (κ3) is 3.18. The molecule has 1 fully saturated rings. The number of carboxylic acids is 1. The Morgan fingerprint density at radius 3 is 2.79 bits per heavy atom. The van der Waals surface area contributed by atoms with Crippen molar-refractivity contribution >= 4 is 22.9 Å². The summed E-state index contributed by atoms with van der Waals surface area (Å²) in [5, 5.41) is 9.32. The van der Waals surface area contributed by atoms with Gasteiger partial charge in [0.25, 0.3) is 5.91 Å². The molecule has 24 heavy (non-hydrogen) atoms. The average Bonchev–Trinajstić information content (AvgIpc) is 2.90. The predicted molar refractivity (Wildman–Crippen MR) is 85.2 cm³/mol. The summed E-state index contributed by atoms with van der Waals surface area (Å²) in [5.74, 6) is -0.993. The van der Waals surface area contributed by atoms with Crippen LogP contribution in [0, 0.1) is 0 Å². The van der Waals surface area contributed by atoms with E-state index in [9.17, 15) is 14.7 Å². The molecule has 2 aromatic rings. The molecule has 1 unspecified atom stereocenters. The van der Waals surface area contributed by atoms with Crippen molar-refractivity contribution in [2.24, 2.45) is 0 Å². The van der Waals surface area contributed by atoms with Crippen molar-refractivity contribution in [2.75, 3.05) is 27.3 Å². The number of imidazole rings is 1. The first-order valence-corrected chi connectivity index (χ1v) is 7.62. The maximum absolute atomic E-state index is 11.7. The number of amides is 1. The molecular formula is C16H19N3O5. The maximum Gasteiger partial charge on any atom is 0.335 e. The van der Waals surface area contributed by atoms with E-state index in [4.69, 9.17) is 9.47 Å². The number of fused-ring (bicyclic) bond motifs is 1. The zero-order valence-corrected chi connectivity index (χ0v) is 13.6. The SMILES string of the molecule is CN(C)C(=O)COc1cc(C(=O)O)cc2c1ncn2CC1CCO1. The second-order valence-electron chi connectivity index (χ2n) is 5.90. The monoisotopic (exact) mass is 333 g/mol. The molecule has 1 aliphatic rings. The molecule has 1 aromatic heterocycles. The fraction of sp³-hybridized carbons (Fsp3) is 0.438. The highest BCUT2D eigenvalue weighted by molar-refractivity contribution is 5.95. The summed E-state index contributed by atoms with van der Waals surface area (Å²) >= 11 is 0. The van der Waals surface area contributed by atoms with E-state index in [-0.39, 0.29) is 29.9 Å². The van der Waals surface area contributed by atoms with Gasteiger partial charge < -0.3 is 24.0 Å². The molecule has 128 valence electrons. The first-order chi connectivity index (χ1) is 11.5. The van der Waals surface area contributed by atoms with Crippen molar-refractivity contribution in [1.82, 2.24) is 14.5 Å². The van der Waals surface area contributed by atoms with E-state index in [0.717, 1.165) is 13.0 Å². The molecule has 1 aliphatic heterocycles. The first-order valence-electron chi connectivity index (χ1n) is 7.62. The van der Waals surface area contributed by atoms with Crippen LogP contribution < -0.4 is 4.74 Å². The van der Waals surface area contributed by atoms with Gasteiger partial charge in [0.2, 0.25) is 0 Å². The van der Waals surface area contributed by atoms with E-state index in [1.807, 2.05) is 4.57 Å². The molecule has 1 amide bonds. The van der Waals surface area contributed by atoms with Crippen LogP contribution in [-0.4, -0.2) is 64.8 Å². The number of nitrogens with zero attached hydrogens (tertiary/aromatic N) is 3. The normalized spacial score (nSPS) is 16.7. The van der Waals surface area contributed by atoms with Gasteiger partial charge in [-0.3, -0.25) is 4.79 Å². The maximum atomic E-state index is 11.7. The average molecular weight is 333 g/mol. The van der Waals surface area contributed by atoms with E-state index in [2.05, 4.69) is 4.98 Å². The molecule has 8 heteroatoms. The largest absolute Gasteiger partial charge is 0.481 e. The Kier molecular flexibility index (Phi) is 4.39. The van der Waals surface area contributed by atoms with Crippen molar-refractivity contribution in [3.8, 4) is 5.75 Å². The van der Waals surface area contributed by atoms with Crippen molar-refractivity contribution in [3.63, 3.8) is 0 Å². The number of hydrogen-bond donors (Lipinski definition) is 1. The summed E-state index contributed by atoms with van der Waals surface area (Å²) in [7, 11) is 3.25. The molecule has 1 N–H and O–H groups in total. The van der Waals surface area contributed by atoms with Crippen LogP contribution in [0.15, 0.2) is 18.5 Å². The lowest BCUT2D eigenvalue weighted by atomic mass is 10.1. The lowest BCUT2D eigenvalue weighted by molar-refractivity contribution is -0.130. The second-order valence-corrected chi connectivity index (χ2v) is 5.90. The molecular weight excluding hydrogens is 314 g/mol. The highest BCUT2D eigenvalue weighted by Gasteiger charge is 2.21. The Hall–Kier alpha value is -2.61. The van der Waals surface area contributed by atoms with Crippen LogP contribution in [0.5, 0.6) is 5.75 Å². The molecule has 0 spiro atoms. The Bertz CT molecular complexity index is 779. The number of ether oxygens (including phenoxy) is 2. The zero-order chi connectivity index (χ0) is 17.3.